The van der Waals surface area contributed by atoms with Crippen LogP contribution in [0.3, 0.4) is 0 Å². The Balaban J connectivity index is 2.54. The van der Waals surface area contributed by atoms with Gasteiger partial charge in [0.1, 0.15) is 0 Å². The molecule has 0 aliphatic carbocycles. The maximum absolute atomic E-state index is 5.68. The SMILES string of the molecule is CC(C(N)=S)N1CCCC(C)(C)CC1. The third kappa shape index (κ3) is 3.21. The fraction of sp³-hybridized carbons (Fsp3) is 0.909. The summed E-state index contributed by atoms with van der Waals surface area (Å²) in [5.74, 6) is 0. The van der Waals surface area contributed by atoms with Crippen LogP contribution in [0.25, 0.3) is 0 Å². The Morgan fingerprint density at radius 2 is 2.00 bits per heavy atom. The molecular weight excluding hydrogens is 192 g/mol. The maximum Gasteiger partial charge on any atom is 0.0899 e. The van der Waals surface area contributed by atoms with Crippen molar-refractivity contribution in [1.29, 1.82) is 0 Å². The monoisotopic (exact) mass is 214 g/mol. The minimum Gasteiger partial charge on any atom is -0.392 e. The Hall–Kier alpha value is -0.150. The van der Waals surface area contributed by atoms with Gasteiger partial charge in [-0.25, -0.2) is 0 Å². The Bertz CT molecular complexity index is 213. The van der Waals surface area contributed by atoms with E-state index < -0.39 is 0 Å². The quantitative estimate of drug-likeness (QED) is 0.714. The molecule has 0 aromatic carbocycles. The van der Waals surface area contributed by atoms with Gasteiger partial charge in [-0.15, -0.1) is 0 Å². The average molecular weight is 214 g/mol. The van der Waals surface area contributed by atoms with Crippen LogP contribution in [-0.4, -0.2) is 29.0 Å². The topological polar surface area (TPSA) is 29.3 Å². The molecule has 2 N–H and O–H groups in total. The summed E-state index contributed by atoms with van der Waals surface area (Å²) in [5.41, 5.74) is 6.17. The van der Waals surface area contributed by atoms with Gasteiger partial charge in [-0.1, -0.05) is 26.1 Å². The van der Waals surface area contributed by atoms with Crippen molar-refractivity contribution >= 4 is 17.2 Å². The smallest absolute Gasteiger partial charge is 0.0899 e. The van der Waals surface area contributed by atoms with Crippen LogP contribution < -0.4 is 5.73 Å². The lowest BCUT2D eigenvalue weighted by atomic mass is 9.85. The molecule has 1 aliphatic heterocycles. The van der Waals surface area contributed by atoms with Crippen molar-refractivity contribution in [2.45, 2.75) is 46.1 Å². The first kappa shape index (κ1) is 11.9. The first-order valence-corrected chi connectivity index (χ1v) is 5.86. The molecule has 14 heavy (non-hydrogen) atoms. The summed E-state index contributed by atoms with van der Waals surface area (Å²) in [7, 11) is 0. The molecule has 1 saturated heterocycles. The van der Waals surface area contributed by atoms with Crippen LogP contribution in [0.1, 0.15) is 40.0 Å². The van der Waals surface area contributed by atoms with Crippen LogP contribution in [0, 0.1) is 5.41 Å². The molecule has 0 bridgehead atoms. The summed E-state index contributed by atoms with van der Waals surface area (Å²) in [6.45, 7) is 9.08. The zero-order valence-electron chi connectivity index (χ0n) is 9.55. The van der Waals surface area contributed by atoms with Gasteiger partial charge in [-0.2, -0.15) is 0 Å². The molecule has 1 fully saturated rings. The van der Waals surface area contributed by atoms with E-state index in [0.717, 1.165) is 13.1 Å². The number of rotatable bonds is 2. The van der Waals surface area contributed by atoms with Gasteiger partial charge < -0.3 is 5.73 Å². The van der Waals surface area contributed by atoms with E-state index in [4.69, 9.17) is 18.0 Å². The Labute approximate surface area is 92.8 Å². The number of likely N-dealkylation sites (tertiary alicyclic amines) is 1. The Morgan fingerprint density at radius 3 is 2.57 bits per heavy atom. The molecule has 1 unspecified atom stereocenters. The lowest BCUT2D eigenvalue weighted by molar-refractivity contribution is 0.246. The summed E-state index contributed by atoms with van der Waals surface area (Å²) in [6, 6.07) is 0.263. The van der Waals surface area contributed by atoms with Gasteiger partial charge in [0, 0.05) is 0 Å². The average Bonchev–Trinajstić information content (AvgIpc) is 2.25. The highest BCUT2D eigenvalue weighted by Crippen LogP contribution is 2.30. The number of hydrogen-bond acceptors (Lipinski definition) is 2. The fourth-order valence-electron chi connectivity index (χ4n) is 2.01. The second-order valence-electron chi connectivity index (χ2n) is 5.13. The zero-order chi connectivity index (χ0) is 10.8. The minimum absolute atomic E-state index is 0.263. The normalized spacial score (nSPS) is 25.4. The second-order valence-corrected chi connectivity index (χ2v) is 5.60. The van der Waals surface area contributed by atoms with E-state index in [0.29, 0.717) is 10.4 Å². The van der Waals surface area contributed by atoms with E-state index in [1.807, 2.05) is 0 Å². The van der Waals surface area contributed by atoms with Crippen molar-refractivity contribution in [3.63, 3.8) is 0 Å². The van der Waals surface area contributed by atoms with Crippen molar-refractivity contribution in [3.05, 3.63) is 0 Å². The molecule has 0 saturated carbocycles. The molecule has 1 aliphatic rings. The van der Waals surface area contributed by atoms with Gasteiger partial charge in [0.05, 0.1) is 11.0 Å². The van der Waals surface area contributed by atoms with Crippen LogP contribution in [-0.2, 0) is 0 Å². The summed E-state index contributed by atoms with van der Waals surface area (Å²) >= 11 is 5.04. The molecular formula is C11H22N2S. The first-order chi connectivity index (χ1) is 6.42. The number of nitrogens with two attached hydrogens (primary N) is 1. The third-order valence-corrected chi connectivity index (χ3v) is 3.68. The van der Waals surface area contributed by atoms with Gasteiger partial charge in [0.15, 0.2) is 0 Å². The highest BCUT2D eigenvalue weighted by atomic mass is 32.1. The second kappa shape index (κ2) is 4.58. The summed E-state index contributed by atoms with van der Waals surface area (Å²) < 4.78 is 0. The van der Waals surface area contributed by atoms with Crippen molar-refractivity contribution in [1.82, 2.24) is 4.90 Å². The first-order valence-electron chi connectivity index (χ1n) is 5.46. The van der Waals surface area contributed by atoms with Crippen molar-refractivity contribution in [2.24, 2.45) is 11.1 Å². The fourth-order valence-corrected chi connectivity index (χ4v) is 2.16. The highest BCUT2D eigenvalue weighted by molar-refractivity contribution is 7.80. The van der Waals surface area contributed by atoms with E-state index in [-0.39, 0.29) is 6.04 Å². The Kier molecular flexibility index (Phi) is 3.90. The Morgan fingerprint density at radius 1 is 1.36 bits per heavy atom. The van der Waals surface area contributed by atoms with Gasteiger partial charge in [-0.3, -0.25) is 4.90 Å². The largest absolute Gasteiger partial charge is 0.392 e. The maximum atomic E-state index is 5.68. The van der Waals surface area contributed by atoms with Crippen LogP contribution >= 0.6 is 12.2 Å². The van der Waals surface area contributed by atoms with Gasteiger partial charge in [-0.05, 0) is 44.7 Å². The van der Waals surface area contributed by atoms with E-state index in [1.54, 1.807) is 0 Å². The van der Waals surface area contributed by atoms with Gasteiger partial charge in [0.2, 0.25) is 0 Å². The van der Waals surface area contributed by atoms with E-state index in [1.165, 1.54) is 19.3 Å². The molecule has 0 spiro atoms. The lowest BCUT2D eigenvalue weighted by Crippen LogP contribution is -2.42. The minimum atomic E-state index is 0.263. The number of thiocarbonyl (C=S) groups is 1. The van der Waals surface area contributed by atoms with E-state index in [9.17, 15) is 0 Å². The van der Waals surface area contributed by atoms with Crippen LogP contribution in [0.15, 0.2) is 0 Å². The predicted molar refractivity (Wildman–Crippen MR) is 65.5 cm³/mol. The molecule has 0 aromatic heterocycles. The van der Waals surface area contributed by atoms with Crippen molar-refractivity contribution in [3.8, 4) is 0 Å². The van der Waals surface area contributed by atoms with Crippen molar-refractivity contribution in [2.75, 3.05) is 13.1 Å². The standard InChI is InChI=1S/C11H22N2S/c1-9(10(12)14)13-7-4-5-11(2,3)6-8-13/h9H,4-8H2,1-3H3,(H2,12,14). The summed E-state index contributed by atoms with van der Waals surface area (Å²) in [4.78, 5) is 3.04. The van der Waals surface area contributed by atoms with Crippen LogP contribution in [0.5, 0.6) is 0 Å². The molecule has 1 rings (SSSR count). The number of nitrogens with zero attached hydrogens (tertiary/aromatic N) is 1. The third-order valence-electron chi connectivity index (χ3n) is 3.33. The van der Waals surface area contributed by atoms with E-state index >= 15 is 0 Å². The molecule has 3 heteroatoms. The van der Waals surface area contributed by atoms with Crippen LogP contribution in [0.4, 0.5) is 0 Å². The summed E-state index contributed by atoms with van der Waals surface area (Å²) in [6.07, 6.45) is 3.83. The zero-order valence-corrected chi connectivity index (χ0v) is 10.4. The molecule has 0 radical (unpaired) electrons. The molecule has 0 amide bonds. The van der Waals surface area contributed by atoms with Crippen LogP contribution in [0.2, 0.25) is 0 Å². The molecule has 1 heterocycles. The number of hydrogen-bond donors (Lipinski definition) is 1. The molecule has 1 atom stereocenters. The van der Waals surface area contributed by atoms with Crippen molar-refractivity contribution < 1.29 is 0 Å². The lowest BCUT2D eigenvalue weighted by Gasteiger charge is -2.27. The molecule has 82 valence electrons. The molecule has 2 nitrogen and oxygen atoms in total. The molecule has 0 aromatic rings. The van der Waals surface area contributed by atoms with Gasteiger partial charge >= 0.3 is 0 Å². The highest BCUT2D eigenvalue weighted by Gasteiger charge is 2.25. The van der Waals surface area contributed by atoms with Gasteiger partial charge in [0.25, 0.3) is 0 Å². The summed E-state index contributed by atoms with van der Waals surface area (Å²) in [5, 5.41) is 0. The van der Waals surface area contributed by atoms with E-state index in [2.05, 4.69) is 25.7 Å². The predicted octanol–water partition coefficient (Wildman–Crippen LogP) is 2.17.